The van der Waals surface area contributed by atoms with Gasteiger partial charge in [0.05, 0.1) is 17.2 Å². The van der Waals surface area contributed by atoms with Crippen molar-refractivity contribution >= 4 is 50.9 Å². The zero-order valence-corrected chi connectivity index (χ0v) is 16.3. The van der Waals surface area contributed by atoms with Crippen molar-refractivity contribution in [1.82, 2.24) is 10.6 Å². The van der Waals surface area contributed by atoms with Gasteiger partial charge in [-0.15, -0.1) is 0 Å². The van der Waals surface area contributed by atoms with Crippen molar-refractivity contribution in [3.63, 3.8) is 0 Å². The highest BCUT2D eigenvalue weighted by Gasteiger charge is 2.19. The lowest BCUT2D eigenvalue weighted by Crippen LogP contribution is -2.35. The summed E-state index contributed by atoms with van der Waals surface area (Å²) in [6, 6.07) is 10.0. The first kappa shape index (κ1) is 19.6. The number of benzene rings is 2. The number of hydrogen-bond acceptors (Lipinski definition) is 3. The molecule has 0 fully saturated rings. The number of amides is 2. The standard InChI is InChI=1S/C17H15BrCl2N2O3/c1-25-15-13(20)7-6-12(19)14(15)17(24)22-9-8-21-16(23)10-2-4-11(18)5-3-10/h2-7H,8-9H2,1H3,(H,21,23)(H,22,24). The Kier molecular flexibility index (Phi) is 7.11. The molecule has 0 heterocycles. The molecule has 25 heavy (non-hydrogen) atoms. The van der Waals surface area contributed by atoms with E-state index in [-0.39, 0.29) is 35.3 Å². The molecule has 5 nitrogen and oxygen atoms in total. The van der Waals surface area contributed by atoms with Crippen molar-refractivity contribution in [2.45, 2.75) is 0 Å². The molecule has 0 atom stereocenters. The minimum absolute atomic E-state index is 0.163. The predicted octanol–water partition coefficient (Wildman–Crippen LogP) is 3.92. The molecule has 0 aliphatic rings. The van der Waals surface area contributed by atoms with Crippen molar-refractivity contribution in [3.05, 3.63) is 62.0 Å². The Balaban J connectivity index is 1.90. The maximum Gasteiger partial charge on any atom is 0.256 e. The van der Waals surface area contributed by atoms with E-state index in [0.717, 1.165) is 4.47 Å². The Morgan fingerprint density at radius 1 is 0.960 bits per heavy atom. The van der Waals surface area contributed by atoms with E-state index in [9.17, 15) is 9.59 Å². The van der Waals surface area contributed by atoms with Crippen LogP contribution in [0.3, 0.4) is 0 Å². The van der Waals surface area contributed by atoms with Gasteiger partial charge in [0, 0.05) is 23.1 Å². The van der Waals surface area contributed by atoms with Crippen LogP contribution in [-0.2, 0) is 0 Å². The monoisotopic (exact) mass is 444 g/mol. The first-order chi connectivity index (χ1) is 11.9. The molecule has 0 radical (unpaired) electrons. The summed E-state index contributed by atoms with van der Waals surface area (Å²) in [7, 11) is 1.41. The van der Waals surface area contributed by atoms with Gasteiger partial charge in [-0.3, -0.25) is 9.59 Å². The van der Waals surface area contributed by atoms with Gasteiger partial charge in [0.25, 0.3) is 11.8 Å². The Morgan fingerprint density at radius 3 is 2.12 bits per heavy atom. The number of methoxy groups -OCH3 is 1. The van der Waals surface area contributed by atoms with Gasteiger partial charge in [0.1, 0.15) is 5.56 Å². The van der Waals surface area contributed by atoms with E-state index in [0.29, 0.717) is 10.6 Å². The molecule has 2 aromatic rings. The Labute approximate surface area is 163 Å². The molecule has 2 rings (SSSR count). The molecule has 0 saturated heterocycles. The number of carbonyl (C=O) groups excluding carboxylic acids is 2. The molecule has 0 unspecified atom stereocenters. The third-order valence-corrected chi connectivity index (χ3v) is 4.43. The maximum absolute atomic E-state index is 12.3. The molecule has 2 aromatic carbocycles. The van der Waals surface area contributed by atoms with E-state index < -0.39 is 5.91 Å². The van der Waals surface area contributed by atoms with Crippen LogP contribution >= 0.6 is 39.1 Å². The van der Waals surface area contributed by atoms with Crippen LogP contribution < -0.4 is 15.4 Å². The molecule has 8 heteroatoms. The lowest BCUT2D eigenvalue weighted by atomic mass is 10.2. The second-order valence-corrected chi connectivity index (χ2v) is 6.69. The third-order valence-electron chi connectivity index (χ3n) is 3.29. The SMILES string of the molecule is COc1c(Cl)ccc(Cl)c1C(=O)NCCNC(=O)c1ccc(Br)cc1. The summed E-state index contributed by atoms with van der Waals surface area (Å²) in [6.45, 7) is 0.494. The first-order valence-corrected chi connectivity index (χ1v) is 8.83. The van der Waals surface area contributed by atoms with E-state index >= 15 is 0 Å². The fraction of sp³-hybridized carbons (Fsp3) is 0.176. The van der Waals surface area contributed by atoms with Crippen molar-refractivity contribution < 1.29 is 14.3 Å². The average Bonchev–Trinajstić information content (AvgIpc) is 2.60. The summed E-state index contributed by atoms with van der Waals surface area (Å²) >= 11 is 15.4. The maximum atomic E-state index is 12.3. The van der Waals surface area contributed by atoms with Crippen molar-refractivity contribution in [2.75, 3.05) is 20.2 Å². The minimum Gasteiger partial charge on any atom is -0.494 e. The first-order valence-electron chi connectivity index (χ1n) is 7.28. The summed E-state index contributed by atoms with van der Waals surface area (Å²) in [6.07, 6.45) is 0. The Bertz CT molecular complexity index is 782. The van der Waals surface area contributed by atoms with Crippen LogP contribution in [0.5, 0.6) is 5.75 Å². The van der Waals surface area contributed by atoms with Gasteiger partial charge < -0.3 is 15.4 Å². The molecule has 0 spiro atoms. The number of halogens is 3. The topological polar surface area (TPSA) is 67.4 Å². The van der Waals surface area contributed by atoms with Crippen LogP contribution in [0.1, 0.15) is 20.7 Å². The van der Waals surface area contributed by atoms with E-state index in [1.54, 1.807) is 30.3 Å². The predicted molar refractivity (Wildman–Crippen MR) is 102 cm³/mol. The van der Waals surface area contributed by atoms with Crippen molar-refractivity contribution in [1.29, 1.82) is 0 Å². The molecule has 0 aliphatic carbocycles. The van der Waals surface area contributed by atoms with E-state index in [2.05, 4.69) is 26.6 Å². The quantitative estimate of drug-likeness (QED) is 0.662. The van der Waals surface area contributed by atoms with Crippen LogP contribution in [0.4, 0.5) is 0 Å². The summed E-state index contributed by atoms with van der Waals surface area (Å²) < 4.78 is 6.03. The van der Waals surface area contributed by atoms with E-state index in [4.69, 9.17) is 27.9 Å². The lowest BCUT2D eigenvalue weighted by Gasteiger charge is -2.12. The van der Waals surface area contributed by atoms with Gasteiger partial charge in [0.2, 0.25) is 0 Å². The number of hydrogen-bond donors (Lipinski definition) is 2. The van der Waals surface area contributed by atoms with Crippen molar-refractivity contribution in [3.8, 4) is 5.75 Å². The fourth-order valence-corrected chi connectivity index (χ4v) is 2.82. The highest BCUT2D eigenvalue weighted by Crippen LogP contribution is 2.33. The number of ether oxygens (including phenoxy) is 1. The van der Waals surface area contributed by atoms with Gasteiger partial charge in [-0.25, -0.2) is 0 Å². The zero-order chi connectivity index (χ0) is 18.4. The number of nitrogens with one attached hydrogen (secondary N) is 2. The molecule has 0 saturated carbocycles. The van der Waals surface area contributed by atoms with Crippen LogP contribution in [0, 0.1) is 0 Å². The van der Waals surface area contributed by atoms with Crippen LogP contribution in [0.25, 0.3) is 0 Å². The molecular weight excluding hydrogens is 431 g/mol. The molecular formula is C17H15BrCl2N2O3. The largest absolute Gasteiger partial charge is 0.494 e. The molecule has 132 valence electrons. The molecule has 2 amide bonds. The van der Waals surface area contributed by atoms with Gasteiger partial charge in [-0.05, 0) is 36.4 Å². The summed E-state index contributed by atoms with van der Waals surface area (Å²) in [5.74, 6) is -0.437. The normalized spacial score (nSPS) is 10.2. The molecule has 0 aromatic heterocycles. The Hall–Kier alpha value is -1.76. The fourth-order valence-electron chi connectivity index (χ4n) is 2.09. The second-order valence-electron chi connectivity index (χ2n) is 4.96. The van der Waals surface area contributed by atoms with E-state index in [1.165, 1.54) is 13.2 Å². The highest BCUT2D eigenvalue weighted by atomic mass is 79.9. The minimum atomic E-state index is -0.428. The van der Waals surface area contributed by atoms with Gasteiger partial charge in [-0.1, -0.05) is 39.1 Å². The second kappa shape index (κ2) is 9.08. The van der Waals surface area contributed by atoms with Gasteiger partial charge in [-0.2, -0.15) is 0 Å². The third kappa shape index (κ3) is 5.11. The number of carbonyl (C=O) groups is 2. The van der Waals surface area contributed by atoms with Crippen molar-refractivity contribution in [2.24, 2.45) is 0 Å². The summed E-state index contributed by atoms with van der Waals surface area (Å²) in [4.78, 5) is 24.3. The zero-order valence-electron chi connectivity index (χ0n) is 13.2. The molecule has 0 aliphatic heterocycles. The molecule has 2 N–H and O–H groups in total. The summed E-state index contributed by atoms with van der Waals surface area (Å²) in [5.41, 5.74) is 0.699. The smallest absolute Gasteiger partial charge is 0.256 e. The van der Waals surface area contributed by atoms with Crippen LogP contribution in [-0.4, -0.2) is 32.0 Å². The van der Waals surface area contributed by atoms with Gasteiger partial charge >= 0.3 is 0 Å². The highest BCUT2D eigenvalue weighted by molar-refractivity contribution is 9.10. The lowest BCUT2D eigenvalue weighted by molar-refractivity contribution is 0.0926. The van der Waals surface area contributed by atoms with Crippen LogP contribution in [0.2, 0.25) is 10.0 Å². The van der Waals surface area contributed by atoms with Crippen LogP contribution in [0.15, 0.2) is 40.9 Å². The average molecular weight is 446 g/mol. The number of rotatable bonds is 6. The molecule has 0 bridgehead atoms. The van der Waals surface area contributed by atoms with E-state index in [1.807, 2.05) is 0 Å². The Morgan fingerprint density at radius 2 is 1.52 bits per heavy atom. The summed E-state index contributed by atoms with van der Waals surface area (Å²) in [5, 5.41) is 5.92. The van der Waals surface area contributed by atoms with Gasteiger partial charge in [0.15, 0.2) is 5.75 Å².